The van der Waals surface area contributed by atoms with Crippen molar-refractivity contribution in [1.29, 1.82) is 0 Å². The summed E-state index contributed by atoms with van der Waals surface area (Å²) >= 11 is 0. The first kappa shape index (κ1) is 23.1. The van der Waals surface area contributed by atoms with E-state index < -0.39 is 35.6 Å². The Labute approximate surface area is 177 Å². The molecule has 1 saturated heterocycles. The molecule has 1 aliphatic rings. The van der Waals surface area contributed by atoms with E-state index in [-0.39, 0.29) is 11.3 Å². The molecule has 0 atom stereocenters. The average Bonchev–Trinajstić information content (AvgIpc) is 2.70. The summed E-state index contributed by atoms with van der Waals surface area (Å²) in [5, 5.41) is 31.2. The van der Waals surface area contributed by atoms with Crippen LogP contribution in [0.2, 0.25) is 0 Å². The zero-order chi connectivity index (χ0) is 22.9. The molecule has 3 rings (SSSR count). The molecule has 0 aromatic heterocycles. The fraction of sp³-hybridized carbons (Fsp3) is 0.409. The lowest BCUT2D eigenvalue weighted by atomic mass is 10.00. The predicted octanol–water partition coefficient (Wildman–Crippen LogP) is 3.52. The molecular formula is C22H25F3N2O4. The second-order valence-corrected chi connectivity index (χ2v) is 7.75. The Kier molecular flexibility index (Phi) is 6.59. The fourth-order valence-electron chi connectivity index (χ4n) is 3.80. The van der Waals surface area contributed by atoms with Crippen molar-refractivity contribution < 1.29 is 33.3 Å². The average molecular weight is 438 g/mol. The molecule has 6 nitrogen and oxygen atoms in total. The summed E-state index contributed by atoms with van der Waals surface area (Å²) in [5.74, 6) is -0.943. The number of halogens is 3. The van der Waals surface area contributed by atoms with Crippen LogP contribution < -0.4 is 10.2 Å². The lowest BCUT2D eigenvalue weighted by Crippen LogP contribution is -2.36. The highest BCUT2D eigenvalue weighted by atomic mass is 19.4. The lowest BCUT2D eigenvalue weighted by Gasteiger charge is -2.32. The number of aryl methyl sites for hydroxylation is 1. The van der Waals surface area contributed by atoms with Gasteiger partial charge in [-0.1, -0.05) is 12.1 Å². The van der Waals surface area contributed by atoms with Crippen LogP contribution in [0.4, 0.5) is 24.5 Å². The van der Waals surface area contributed by atoms with Gasteiger partial charge < -0.3 is 25.5 Å². The first-order chi connectivity index (χ1) is 14.5. The first-order valence-corrected chi connectivity index (χ1v) is 9.91. The van der Waals surface area contributed by atoms with Gasteiger partial charge in [0, 0.05) is 30.0 Å². The number of benzene rings is 2. The maximum atomic E-state index is 13.6. The van der Waals surface area contributed by atoms with Gasteiger partial charge in [-0.2, -0.15) is 13.2 Å². The number of aliphatic hydroxyl groups excluding tert-OH is 2. The van der Waals surface area contributed by atoms with Crippen LogP contribution in [0, 0.1) is 13.8 Å². The van der Waals surface area contributed by atoms with E-state index >= 15 is 0 Å². The molecule has 1 amide bonds. The SMILES string of the molecule is Cc1ccc(C(O)O)c(C)c1NC(=O)c1cc(N2CCC(O)CC2)ccc1C(F)(F)F. The summed E-state index contributed by atoms with van der Waals surface area (Å²) in [6, 6.07) is 6.47. The zero-order valence-corrected chi connectivity index (χ0v) is 17.2. The molecule has 0 unspecified atom stereocenters. The number of amides is 1. The van der Waals surface area contributed by atoms with Crippen LogP contribution >= 0.6 is 0 Å². The Morgan fingerprint density at radius 2 is 1.77 bits per heavy atom. The maximum absolute atomic E-state index is 13.6. The quantitative estimate of drug-likeness (QED) is 0.549. The largest absolute Gasteiger partial charge is 0.417 e. The van der Waals surface area contributed by atoms with Crippen molar-refractivity contribution in [2.75, 3.05) is 23.3 Å². The van der Waals surface area contributed by atoms with Gasteiger partial charge in [-0.25, -0.2) is 0 Å². The van der Waals surface area contributed by atoms with Crippen molar-refractivity contribution in [2.45, 2.75) is 45.3 Å². The minimum Gasteiger partial charge on any atom is -0.393 e. The van der Waals surface area contributed by atoms with Gasteiger partial charge in [0.25, 0.3) is 5.91 Å². The molecule has 0 bridgehead atoms. The van der Waals surface area contributed by atoms with Crippen LogP contribution in [-0.4, -0.2) is 40.4 Å². The first-order valence-electron chi connectivity index (χ1n) is 9.91. The van der Waals surface area contributed by atoms with Gasteiger partial charge in [-0.3, -0.25) is 4.79 Å². The second-order valence-electron chi connectivity index (χ2n) is 7.75. The van der Waals surface area contributed by atoms with Crippen LogP contribution in [0.5, 0.6) is 0 Å². The van der Waals surface area contributed by atoms with Crippen molar-refractivity contribution >= 4 is 17.3 Å². The number of nitrogens with one attached hydrogen (secondary N) is 1. The third-order valence-corrected chi connectivity index (χ3v) is 5.61. The Morgan fingerprint density at radius 3 is 2.35 bits per heavy atom. The van der Waals surface area contributed by atoms with Crippen LogP contribution in [0.25, 0.3) is 0 Å². The Morgan fingerprint density at radius 1 is 1.13 bits per heavy atom. The van der Waals surface area contributed by atoms with Crippen LogP contribution in [0.15, 0.2) is 30.3 Å². The van der Waals surface area contributed by atoms with E-state index in [0.29, 0.717) is 42.7 Å². The van der Waals surface area contributed by atoms with Crippen molar-refractivity contribution in [3.63, 3.8) is 0 Å². The van der Waals surface area contributed by atoms with E-state index in [4.69, 9.17) is 0 Å². The fourth-order valence-corrected chi connectivity index (χ4v) is 3.80. The molecule has 1 fully saturated rings. The molecule has 0 saturated carbocycles. The topological polar surface area (TPSA) is 93.0 Å². The lowest BCUT2D eigenvalue weighted by molar-refractivity contribution is -0.137. The van der Waals surface area contributed by atoms with Crippen LogP contribution in [0.3, 0.4) is 0 Å². The molecule has 2 aromatic rings. The number of anilines is 2. The number of hydrogen-bond donors (Lipinski definition) is 4. The standard InChI is InChI=1S/C22H25F3N2O4/c1-12-3-5-16(21(30)31)13(2)19(12)26-20(29)17-11-14(4-6-18(17)22(23,24)25)27-9-7-15(28)8-10-27/h3-6,11,15,21,28,30-31H,7-10H2,1-2H3,(H,26,29). The molecule has 168 valence electrons. The highest BCUT2D eigenvalue weighted by Gasteiger charge is 2.36. The van der Waals surface area contributed by atoms with E-state index in [1.54, 1.807) is 19.9 Å². The van der Waals surface area contributed by atoms with Crippen molar-refractivity contribution in [3.8, 4) is 0 Å². The molecule has 1 heterocycles. The van der Waals surface area contributed by atoms with E-state index in [1.165, 1.54) is 18.2 Å². The predicted molar refractivity (Wildman–Crippen MR) is 110 cm³/mol. The number of carbonyl (C=O) groups is 1. The maximum Gasteiger partial charge on any atom is 0.417 e. The molecule has 2 aromatic carbocycles. The number of aliphatic hydroxyl groups is 3. The summed E-state index contributed by atoms with van der Waals surface area (Å²) in [5.41, 5.74) is 0.207. The summed E-state index contributed by atoms with van der Waals surface area (Å²) in [6.07, 6.45) is -5.95. The minimum atomic E-state index is -4.73. The van der Waals surface area contributed by atoms with E-state index in [1.807, 2.05) is 4.90 Å². The summed E-state index contributed by atoms with van der Waals surface area (Å²) in [6.45, 7) is 4.16. The zero-order valence-electron chi connectivity index (χ0n) is 17.2. The van der Waals surface area contributed by atoms with Gasteiger partial charge >= 0.3 is 6.18 Å². The summed E-state index contributed by atoms with van der Waals surface area (Å²) in [4.78, 5) is 14.8. The van der Waals surface area contributed by atoms with E-state index in [2.05, 4.69) is 5.32 Å². The number of alkyl halides is 3. The highest BCUT2D eigenvalue weighted by Crippen LogP contribution is 2.36. The third kappa shape index (κ3) is 5.00. The number of rotatable bonds is 4. The number of nitrogens with zero attached hydrogens (tertiary/aromatic N) is 1. The molecule has 4 N–H and O–H groups in total. The molecule has 0 spiro atoms. The normalized spacial score (nSPS) is 15.5. The summed E-state index contributed by atoms with van der Waals surface area (Å²) < 4.78 is 40.8. The van der Waals surface area contributed by atoms with Crippen LogP contribution in [0.1, 0.15) is 51.7 Å². The van der Waals surface area contributed by atoms with Gasteiger partial charge in [0.1, 0.15) is 0 Å². The van der Waals surface area contributed by atoms with Crippen LogP contribution in [-0.2, 0) is 6.18 Å². The molecular weight excluding hydrogens is 413 g/mol. The number of piperidine rings is 1. The van der Waals surface area contributed by atoms with Gasteiger partial charge in [0.2, 0.25) is 0 Å². The minimum absolute atomic E-state index is 0.151. The van der Waals surface area contributed by atoms with Gasteiger partial charge in [0.15, 0.2) is 6.29 Å². The van der Waals surface area contributed by atoms with Gasteiger partial charge in [-0.15, -0.1) is 0 Å². The van der Waals surface area contributed by atoms with Crippen molar-refractivity contribution in [3.05, 3.63) is 58.1 Å². The third-order valence-electron chi connectivity index (χ3n) is 5.61. The summed E-state index contributed by atoms with van der Waals surface area (Å²) in [7, 11) is 0. The smallest absolute Gasteiger partial charge is 0.393 e. The van der Waals surface area contributed by atoms with E-state index in [0.717, 1.165) is 6.07 Å². The Bertz CT molecular complexity index is 968. The van der Waals surface area contributed by atoms with Crippen molar-refractivity contribution in [2.24, 2.45) is 0 Å². The molecule has 31 heavy (non-hydrogen) atoms. The Balaban J connectivity index is 1.99. The second kappa shape index (κ2) is 8.86. The monoisotopic (exact) mass is 438 g/mol. The molecule has 0 aliphatic carbocycles. The van der Waals surface area contributed by atoms with Gasteiger partial charge in [0.05, 0.1) is 17.2 Å². The van der Waals surface area contributed by atoms with Crippen molar-refractivity contribution in [1.82, 2.24) is 0 Å². The van der Waals surface area contributed by atoms with E-state index in [9.17, 15) is 33.3 Å². The number of carbonyl (C=O) groups excluding carboxylic acids is 1. The Hall–Kier alpha value is -2.62. The molecule has 1 aliphatic heterocycles. The molecule has 9 heteroatoms. The highest BCUT2D eigenvalue weighted by molar-refractivity contribution is 6.07. The number of hydrogen-bond acceptors (Lipinski definition) is 5. The molecule has 0 radical (unpaired) electrons. The van der Waals surface area contributed by atoms with Gasteiger partial charge in [-0.05, 0) is 56.0 Å².